The molecule has 1 N–H and O–H groups in total. The van der Waals surface area contributed by atoms with Crippen LogP contribution in [0.1, 0.15) is 60.8 Å². The van der Waals surface area contributed by atoms with E-state index < -0.39 is 49.3 Å². The second kappa shape index (κ2) is 15.2. The van der Waals surface area contributed by atoms with Crippen LogP contribution in [-0.2, 0) is 32.5 Å². The molecule has 4 unspecified atom stereocenters. The monoisotopic (exact) mass is 656 g/mol. The fourth-order valence-electron chi connectivity index (χ4n) is 5.10. The molecule has 0 bridgehead atoms. The van der Waals surface area contributed by atoms with E-state index in [1.165, 1.54) is 9.80 Å². The molecule has 238 valence electrons. The maximum atomic E-state index is 12.7. The molecule has 2 aliphatic heterocycles. The van der Waals surface area contributed by atoms with E-state index in [2.05, 4.69) is 13.8 Å². The van der Waals surface area contributed by atoms with Crippen LogP contribution in [0.5, 0.6) is 0 Å². The molecule has 0 saturated carbocycles. The minimum Gasteiger partial charge on any atom is -0.616 e. The van der Waals surface area contributed by atoms with Gasteiger partial charge in [0.25, 0.3) is 10.1 Å². The maximum absolute atomic E-state index is 12.7. The van der Waals surface area contributed by atoms with Gasteiger partial charge >= 0.3 is 12.1 Å². The molecule has 0 aromatic rings. The van der Waals surface area contributed by atoms with E-state index in [4.69, 9.17) is 12.2 Å². The van der Waals surface area contributed by atoms with Crippen LogP contribution in [0, 0.1) is 10.8 Å². The van der Waals surface area contributed by atoms with Gasteiger partial charge in [-0.15, -0.1) is 0 Å². The molecule has 15 heteroatoms. The van der Waals surface area contributed by atoms with Gasteiger partial charge in [-0.1, -0.05) is 62.3 Å². The van der Waals surface area contributed by atoms with Crippen molar-refractivity contribution in [1.29, 1.82) is 0 Å². The molecule has 2 saturated heterocycles. The number of carbonyl (C=O) groups excluding carboxylic acids is 2. The number of thiocarbonyl (C=S) groups is 1. The van der Waals surface area contributed by atoms with E-state index in [0.717, 1.165) is 0 Å². The van der Waals surface area contributed by atoms with Crippen LogP contribution in [0.3, 0.4) is 0 Å². The summed E-state index contributed by atoms with van der Waals surface area (Å²) in [6.07, 6.45) is 1.74. The summed E-state index contributed by atoms with van der Waals surface area (Å²) in [6, 6.07) is -0.525. The van der Waals surface area contributed by atoms with Gasteiger partial charge in [0, 0.05) is 44.5 Å². The number of rotatable bonds is 18. The van der Waals surface area contributed by atoms with Gasteiger partial charge in [-0.05, 0) is 37.5 Å². The molecular formula is C26H48N4O7S4. The van der Waals surface area contributed by atoms with E-state index in [-0.39, 0.29) is 30.6 Å². The molecule has 0 aliphatic carbocycles. The summed E-state index contributed by atoms with van der Waals surface area (Å²) < 4.78 is 58.7. The van der Waals surface area contributed by atoms with Crippen molar-refractivity contribution in [2.75, 3.05) is 62.3 Å². The van der Waals surface area contributed by atoms with Gasteiger partial charge in [-0.25, -0.2) is 9.59 Å². The zero-order valence-electron chi connectivity index (χ0n) is 25.2. The average Bonchev–Trinajstić information content (AvgIpc) is 3.36. The SMILES string of the molecule is CCN1CC(C=S)N(CC(C)(C)CC[S+]([O-])CCC[S+]([O-])CCC(C)(C)CN2C(=O)N(CC)CC2S(=O)(=O)O)C1=O. The Kier molecular flexibility index (Phi) is 13.5. The van der Waals surface area contributed by atoms with Crippen LogP contribution in [0.15, 0.2) is 0 Å². The quantitative estimate of drug-likeness (QED) is 0.135. The minimum atomic E-state index is -4.43. The first kappa shape index (κ1) is 36.4. The molecule has 0 radical (unpaired) electrons. The van der Waals surface area contributed by atoms with Gasteiger partial charge in [0.2, 0.25) is 0 Å². The van der Waals surface area contributed by atoms with Crippen molar-refractivity contribution >= 4 is 62.1 Å². The summed E-state index contributed by atoms with van der Waals surface area (Å²) in [5, 5.41) is 0.341. The molecule has 41 heavy (non-hydrogen) atoms. The third kappa shape index (κ3) is 10.7. The Labute approximate surface area is 257 Å². The highest BCUT2D eigenvalue weighted by molar-refractivity contribution is 7.92. The lowest BCUT2D eigenvalue weighted by Gasteiger charge is -2.32. The number of hydrogen-bond donors (Lipinski definition) is 1. The standard InChI is InChI=1S/C26H48N4O7S4/c1-7-27-16-21(18-38)29(23(27)31)19-25(3,4)10-14-39(33)12-9-13-40(34)15-11-26(5,6)20-30-22(41(35,36)37)17-28(8-2)24(30)32/h18,21-22H,7-17,19-20H2,1-6H3,(H,35,36,37). The zero-order valence-corrected chi connectivity index (χ0v) is 28.5. The second-order valence-electron chi connectivity index (χ2n) is 12.4. The normalized spacial score (nSPS) is 22.2. The van der Waals surface area contributed by atoms with Gasteiger partial charge in [0.1, 0.15) is 23.0 Å². The lowest BCUT2D eigenvalue weighted by Crippen LogP contribution is -2.45. The highest BCUT2D eigenvalue weighted by Gasteiger charge is 2.45. The Morgan fingerprint density at radius 3 is 1.76 bits per heavy atom. The molecule has 0 spiro atoms. The van der Waals surface area contributed by atoms with Crippen molar-refractivity contribution in [3.8, 4) is 0 Å². The summed E-state index contributed by atoms with van der Waals surface area (Å²) in [5.41, 5.74) is -0.738. The summed E-state index contributed by atoms with van der Waals surface area (Å²) in [7, 11) is -4.43. The van der Waals surface area contributed by atoms with Crippen LogP contribution >= 0.6 is 12.2 Å². The van der Waals surface area contributed by atoms with Gasteiger partial charge in [0.05, 0.1) is 12.6 Å². The van der Waals surface area contributed by atoms with Crippen LogP contribution in [0.2, 0.25) is 0 Å². The molecule has 4 amide bonds. The van der Waals surface area contributed by atoms with Gasteiger partial charge in [0.15, 0.2) is 5.37 Å². The Morgan fingerprint density at radius 1 is 0.878 bits per heavy atom. The predicted octanol–water partition coefficient (Wildman–Crippen LogP) is 2.80. The first-order valence-corrected chi connectivity index (χ1v) is 19.1. The first-order chi connectivity index (χ1) is 18.9. The summed E-state index contributed by atoms with van der Waals surface area (Å²) in [5.74, 6) is 1.74. The number of hydrogen-bond acceptors (Lipinski definition) is 7. The summed E-state index contributed by atoms with van der Waals surface area (Å²) in [6.45, 7) is 13.8. The molecule has 2 rings (SSSR count). The van der Waals surface area contributed by atoms with E-state index in [0.29, 0.717) is 68.5 Å². The average molecular weight is 657 g/mol. The topological polar surface area (TPSA) is 148 Å². The van der Waals surface area contributed by atoms with E-state index in [9.17, 15) is 31.7 Å². The van der Waals surface area contributed by atoms with Crippen LogP contribution in [0.4, 0.5) is 9.59 Å². The van der Waals surface area contributed by atoms with Crippen LogP contribution in [-0.4, -0.2) is 133 Å². The minimum absolute atomic E-state index is 0.00772. The lowest BCUT2D eigenvalue weighted by molar-refractivity contribution is 0.165. The van der Waals surface area contributed by atoms with Crippen molar-refractivity contribution in [1.82, 2.24) is 19.6 Å². The largest absolute Gasteiger partial charge is 0.616 e. The molecule has 11 nitrogen and oxygen atoms in total. The number of urea groups is 2. The molecule has 4 atom stereocenters. The van der Waals surface area contributed by atoms with Crippen molar-refractivity contribution in [2.24, 2.45) is 10.8 Å². The molecule has 0 aromatic carbocycles. The van der Waals surface area contributed by atoms with E-state index in [1.54, 1.807) is 17.2 Å². The van der Waals surface area contributed by atoms with Gasteiger partial charge < -0.3 is 28.7 Å². The second-order valence-corrected chi connectivity index (χ2v) is 17.7. The Bertz CT molecular complexity index is 1010. The lowest BCUT2D eigenvalue weighted by atomic mass is 9.89. The van der Waals surface area contributed by atoms with Gasteiger partial charge in [-0.3, -0.25) is 4.55 Å². The van der Waals surface area contributed by atoms with Crippen molar-refractivity contribution < 1.29 is 31.7 Å². The third-order valence-electron chi connectivity index (χ3n) is 7.78. The van der Waals surface area contributed by atoms with Crippen LogP contribution < -0.4 is 0 Å². The molecule has 2 aliphatic rings. The molecule has 0 aromatic heterocycles. The third-order valence-corrected chi connectivity index (χ3v) is 12.0. The van der Waals surface area contributed by atoms with E-state index >= 15 is 0 Å². The molecular weight excluding hydrogens is 609 g/mol. The highest BCUT2D eigenvalue weighted by atomic mass is 32.2. The predicted molar refractivity (Wildman–Crippen MR) is 169 cm³/mol. The number of likely N-dealkylation sites (N-methyl/N-ethyl adjacent to an activating group) is 2. The highest BCUT2D eigenvalue weighted by Crippen LogP contribution is 2.30. The maximum Gasteiger partial charge on any atom is 0.321 e. The first-order valence-electron chi connectivity index (χ1n) is 14.2. The number of carbonyl (C=O) groups is 2. The smallest absolute Gasteiger partial charge is 0.321 e. The van der Waals surface area contributed by atoms with Crippen molar-refractivity contribution in [2.45, 2.75) is 72.2 Å². The Hall–Kier alpha value is -0.840. The molecule has 2 heterocycles. The fraction of sp³-hybridized carbons (Fsp3) is 0.885. The number of nitrogens with zero attached hydrogens (tertiary/aromatic N) is 4. The number of amides is 4. The van der Waals surface area contributed by atoms with Gasteiger partial charge in [-0.2, -0.15) is 8.42 Å². The summed E-state index contributed by atoms with van der Waals surface area (Å²) in [4.78, 5) is 31.5. The van der Waals surface area contributed by atoms with E-state index in [1.807, 2.05) is 25.7 Å². The summed E-state index contributed by atoms with van der Waals surface area (Å²) >= 11 is 2.93. The van der Waals surface area contributed by atoms with Crippen molar-refractivity contribution in [3.05, 3.63) is 0 Å². The Morgan fingerprint density at radius 2 is 1.32 bits per heavy atom. The van der Waals surface area contributed by atoms with Crippen LogP contribution in [0.25, 0.3) is 0 Å². The molecule has 2 fully saturated rings. The Balaban J connectivity index is 1.74. The zero-order chi connectivity index (χ0) is 31.2. The van der Waals surface area contributed by atoms with Crippen molar-refractivity contribution in [3.63, 3.8) is 0 Å². The fourth-order valence-corrected chi connectivity index (χ4v) is 9.27.